The Morgan fingerprint density at radius 1 is 1.21 bits per heavy atom. The third kappa shape index (κ3) is 3.71. The second-order valence-electron chi connectivity index (χ2n) is 3.21. The second kappa shape index (κ2) is 5.81. The zero-order valence-corrected chi connectivity index (χ0v) is 13.9. The Morgan fingerprint density at radius 3 is 2.00 bits per heavy atom. The van der Waals surface area contributed by atoms with Crippen molar-refractivity contribution >= 4 is 41.9 Å². The number of rotatable bonds is 2. The summed E-state index contributed by atoms with van der Waals surface area (Å²) in [5.41, 5.74) is -0.925. The molecule has 8 nitrogen and oxygen atoms in total. The molecule has 12 heteroatoms. The maximum absolute atomic E-state index is 11.1. The molecule has 106 valence electrons. The highest BCUT2D eigenvalue weighted by molar-refractivity contribution is 9.10. The van der Waals surface area contributed by atoms with Gasteiger partial charge in [0, 0.05) is 4.47 Å². The van der Waals surface area contributed by atoms with Crippen LogP contribution in [-0.2, 0) is 20.2 Å². The van der Waals surface area contributed by atoms with Gasteiger partial charge in [0.1, 0.15) is 4.90 Å². The minimum Gasteiger partial charge on any atom is -1.00 e. The first-order chi connectivity index (χ1) is 8.00. The van der Waals surface area contributed by atoms with Crippen LogP contribution in [0.15, 0.2) is 20.3 Å². The summed E-state index contributed by atoms with van der Waals surface area (Å²) in [4.78, 5) is 1.14. The predicted molar refractivity (Wildman–Crippen MR) is 63.3 cm³/mol. The van der Waals surface area contributed by atoms with E-state index in [0.29, 0.717) is 6.07 Å². The smallest absolute Gasteiger partial charge is 0.407 e. The van der Waals surface area contributed by atoms with E-state index in [0.717, 1.165) is 6.92 Å². The SMILES string of the molecule is Cc1c(Br)c(S(=O)(=O)O)cc([N+]#N)c1S(=O)(=O)O.[Br-]. The summed E-state index contributed by atoms with van der Waals surface area (Å²) in [6.07, 6.45) is 0. The molecule has 0 bridgehead atoms. The zero-order valence-electron chi connectivity index (χ0n) is 9.07. The van der Waals surface area contributed by atoms with Gasteiger partial charge in [-0.3, -0.25) is 9.11 Å². The standard InChI is InChI=1S/C7H5BrN2O6S2.BrH/c1-3-6(8)5(17(11,12)13)2-4(10-9)7(3)18(14,15)16;/h2H,1H3,(H-,11,12,13,14,15,16);1H. The van der Waals surface area contributed by atoms with Crippen molar-refractivity contribution < 1.29 is 42.9 Å². The minimum absolute atomic E-state index is 0. The van der Waals surface area contributed by atoms with Crippen LogP contribution in [0.2, 0.25) is 0 Å². The van der Waals surface area contributed by atoms with E-state index in [1.54, 1.807) is 0 Å². The fraction of sp³-hybridized carbons (Fsp3) is 0.143. The molecule has 0 saturated heterocycles. The Morgan fingerprint density at radius 2 is 1.68 bits per heavy atom. The molecular weight excluding hydrogens is 432 g/mol. The van der Waals surface area contributed by atoms with Crippen molar-refractivity contribution in [2.75, 3.05) is 0 Å². The van der Waals surface area contributed by atoms with Crippen molar-refractivity contribution in [1.82, 2.24) is 0 Å². The van der Waals surface area contributed by atoms with Gasteiger partial charge in [0.25, 0.3) is 10.1 Å². The molecule has 0 unspecified atom stereocenters. The molecule has 0 spiro atoms. The quantitative estimate of drug-likeness (QED) is 0.435. The number of hydrogen-bond donors (Lipinski definition) is 2. The van der Waals surface area contributed by atoms with Crippen LogP contribution >= 0.6 is 15.9 Å². The lowest BCUT2D eigenvalue weighted by molar-refractivity contribution is -0.0000122. The highest BCUT2D eigenvalue weighted by atomic mass is 79.9. The van der Waals surface area contributed by atoms with Crippen LogP contribution < -0.4 is 17.0 Å². The van der Waals surface area contributed by atoms with E-state index in [4.69, 9.17) is 14.5 Å². The predicted octanol–water partition coefficient (Wildman–Crippen LogP) is -1.26. The molecule has 1 rings (SSSR count). The lowest BCUT2D eigenvalue weighted by Crippen LogP contribution is -3.00. The average molecular weight is 438 g/mol. The Hall–Kier alpha value is -0.580. The zero-order chi connectivity index (χ0) is 14.3. The van der Waals surface area contributed by atoms with Gasteiger partial charge in [-0.2, -0.15) is 16.8 Å². The first-order valence-corrected chi connectivity index (χ1v) is 7.80. The Bertz CT molecular complexity index is 766. The Balaban J connectivity index is 0.00000324. The molecule has 0 heterocycles. The summed E-state index contributed by atoms with van der Waals surface area (Å²) in [7, 11) is -9.37. The highest BCUT2D eigenvalue weighted by Gasteiger charge is 2.33. The van der Waals surface area contributed by atoms with Gasteiger partial charge >= 0.3 is 15.8 Å². The van der Waals surface area contributed by atoms with Crippen LogP contribution in [0.1, 0.15) is 5.56 Å². The van der Waals surface area contributed by atoms with Gasteiger partial charge in [0.15, 0.2) is 9.87 Å². The molecule has 0 atom stereocenters. The van der Waals surface area contributed by atoms with Gasteiger partial charge in [-0.15, -0.1) is 0 Å². The Kier molecular flexibility index (Phi) is 5.64. The first-order valence-electron chi connectivity index (χ1n) is 4.13. The first kappa shape index (κ1) is 18.4. The molecule has 2 N–H and O–H groups in total. The molecule has 1 aromatic carbocycles. The molecule has 19 heavy (non-hydrogen) atoms. The van der Waals surface area contributed by atoms with E-state index in [1.807, 2.05) is 0 Å². The van der Waals surface area contributed by atoms with Gasteiger partial charge in [0.05, 0.1) is 6.07 Å². The molecule has 0 aliphatic carbocycles. The van der Waals surface area contributed by atoms with Gasteiger partial charge in [-0.05, 0) is 28.4 Å². The maximum Gasteiger partial charge on any atom is 0.407 e. The van der Waals surface area contributed by atoms with Gasteiger partial charge < -0.3 is 17.0 Å². The van der Waals surface area contributed by atoms with Crippen molar-refractivity contribution in [2.24, 2.45) is 0 Å². The maximum atomic E-state index is 11.1. The van der Waals surface area contributed by atoms with Crippen molar-refractivity contribution in [3.8, 4) is 0 Å². The molecule has 0 amide bonds. The van der Waals surface area contributed by atoms with E-state index >= 15 is 0 Å². The molecule has 0 aliphatic rings. The van der Waals surface area contributed by atoms with Crippen molar-refractivity contribution in [3.63, 3.8) is 0 Å². The van der Waals surface area contributed by atoms with E-state index in [-0.39, 0.29) is 27.0 Å². The molecule has 0 saturated carbocycles. The van der Waals surface area contributed by atoms with Crippen molar-refractivity contribution in [2.45, 2.75) is 16.7 Å². The lowest BCUT2D eigenvalue weighted by Gasteiger charge is -2.06. The van der Waals surface area contributed by atoms with E-state index in [9.17, 15) is 16.8 Å². The Labute approximate surface area is 127 Å². The molecule has 0 aliphatic heterocycles. The van der Waals surface area contributed by atoms with Crippen LogP contribution in [0.5, 0.6) is 0 Å². The highest BCUT2D eigenvalue weighted by Crippen LogP contribution is 2.37. The molecule has 0 aromatic heterocycles. The number of nitrogens with zero attached hydrogens (tertiary/aromatic N) is 2. The largest absolute Gasteiger partial charge is 1.00 e. The average Bonchev–Trinajstić information content (AvgIpc) is 2.17. The topological polar surface area (TPSA) is 137 Å². The minimum atomic E-state index is -4.72. The number of diazo groups is 1. The van der Waals surface area contributed by atoms with Crippen LogP contribution in [0.3, 0.4) is 0 Å². The van der Waals surface area contributed by atoms with Crippen LogP contribution in [0.25, 0.3) is 4.98 Å². The van der Waals surface area contributed by atoms with E-state index in [1.165, 1.54) is 0 Å². The summed E-state index contributed by atoms with van der Waals surface area (Å²) in [6, 6.07) is 0.607. The van der Waals surface area contributed by atoms with Crippen molar-refractivity contribution in [1.29, 1.82) is 5.39 Å². The third-order valence-corrected chi connectivity index (χ3v) is 5.22. The van der Waals surface area contributed by atoms with E-state index < -0.39 is 35.7 Å². The molecular formula is C7H6Br2N2O6S2. The fourth-order valence-corrected chi connectivity index (χ4v) is 3.87. The van der Waals surface area contributed by atoms with E-state index in [2.05, 4.69) is 20.9 Å². The van der Waals surface area contributed by atoms with Crippen LogP contribution in [0.4, 0.5) is 5.69 Å². The van der Waals surface area contributed by atoms with Gasteiger partial charge in [-0.1, -0.05) is 0 Å². The van der Waals surface area contributed by atoms with Crippen LogP contribution in [-0.4, -0.2) is 25.9 Å². The monoisotopic (exact) mass is 436 g/mol. The number of benzene rings is 1. The molecule has 0 radical (unpaired) electrons. The van der Waals surface area contributed by atoms with Gasteiger partial charge in [0.2, 0.25) is 5.39 Å². The summed E-state index contributed by atoms with van der Waals surface area (Å²) in [6.45, 7) is 1.16. The summed E-state index contributed by atoms with van der Waals surface area (Å²) in [5, 5.41) is 8.64. The van der Waals surface area contributed by atoms with Gasteiger partial charge in [-0.25, -0.2) is 0 Å². The number of hydrogen-bond acceptors (Lipinski definition) is 5. The molecule has 1 aromatic rings. The third-order valence-electron chi connectivity index (χ3n) is 2.03. The summed E-state index contributed by atoms with van der Waals surface area (Å²) < 4.78 is 61.9. The molecule has 0 fully saturated rings. The summed E-state index contributed by atoms with van der Waals surface area (Å²) >= 11 is 2.78. The normalized spacial score (nSPS) is 11.5. The number of halogens is 2. The lowest BCUT2D eigenvalue weighted by atomic mass is 10.2. The summed E-state index contributed by atoms with van der Waals surface area (Å²) in [5.74, 6) is 0. The fourth-order valence-electron chi connectivity index (χ4n) is 1.32. The van der Waals surface area contributed by atoms with Crippen LogP contribution in [0, 0.1) is 12.3 Å². The second-order valence-corrected chi connectivity index (χ2v) is 6.75. The van der Waals surface area contributed by atoms with Crippen molar-refractivity contribution in [3.05, 3.63) is 21.1 Å².